The number of hydrogen-bond acceptors (Lipinski definition) is 12. The smallest absolute Gasteiger partial charge is 0.418 e. The maximum atomic E-state index is 13.2. The third-order valence-corrected chi connectivity index (χ3v) is 7.06. The number of nitrogen functional groups attached to an aromatic ring is 2. The number of aromatic nitrogens is 1. The van der Waals surface area contributed by atoms with Crippen LogP contribution in [0.25, 0.3) is 0 Å². The lowest BCUT2D eigenvalue weighted by molar-refractivity contribution is -0.225. The zero-order chi connectivity index (χ0) is 27.5. The third kappa shape index (κ3) is 5.85. The molecule has 1 aliphatic carbocycles. The molecule has 1 aromatic carbocycles. The van der Waals surface area contributed by atoms with Crippen molar-refractivity contribution < 1.29 is 36.4 Å². The summed E-state index contributed by atoms with van der Waals surface area (Å²) in [6.07, 6.45) is 2.04. The van der Waals surface area contributed by atoms with E-state index in [0.29, 0.717) is 42.1 Å². The molecule has 1 saturated carbocycles. The number of benzene rings is 1. The van der Waals surface area contributed by atoms with Crippen molar-refractivity contribution in [1.82, 2.24) is 15.4 Å². The monoisotopic (exact) mass is 567 g/mol. The van der Waals surface area contributed by atoms with Gasteiger partial charge < -0.3 is 26.4 Å². The number of carbonyl (C=O) groups is 2. The van der Waals surface area contributed by atoms with Gasteiger partial charge in [0, 0.05) is 10.9 Å². The first-order valence-electron chi connectivity index (χ1n) is 11.3. The summed E-state index contributed by atoms with van der Waals surface area (Å²) in [5, 5.41) is 16.1. The van der Waals surface area contributed by atoms with Gasteiger partial charge in [0.15, 0.2) is 17.5 Å². The van der Waals surface area contributed by atoms with Gasteiger partial charge in [-0.3, -0.25) is 19.6 Å². The maximum absolute atomic E-state index is 13.2. The number of amides is 2. The lowest BCUT2D eigenvalue weighted by Gasteiger charge is -2.52. The van der Waals surface area contributed by atoms with Crippen LogP contribution in [0.5, 0.6) is 5.75 Å². The minimum Gasteiger partial charge on any atom is -0.490 e. The molecule has 17 heteroatoms. The number of hydroxylamine groups is 2. The van der Waals surface area contributed by atoms with Gasteiger partial charge in [0.05, 0.1) is 0 Å². The van der Waals surface area contributed by atoms with Crippen LogP contribution in [0, 0.1) is 5.41 Å². The van der Waals surface area contributed by atoms with Gasteiger partial charge in [-0.15, -0.1) is 15.6 Å². The van der Waals surface area contributed by atoms with Crippen molar-refractivity contribution in [3.63, 3.8) is 0 Å². The van der Waals surface area contributed by atoms with Crippen LogP contribution in [0.4, 0.5) is 5.13 Å². The van der Waals surface area contributed by atoms with E-state index >= 15 is 0 Å². The fraction of sp³-hybridized carbons (Fsp3) is 0.381. The molecule has 1 atom stereocenters. The highest BCUT2D eigenvalue weighted by atomic mass is 32.3. The molecule has 38 heavy (non-hydrogen) atoms. The fourth-order valence-electron chi connectivity index (χ4n) is 4.34. The average molecular weight is 568 g/mol. The number of ether oxygens (including phenoxy) is 1. The Morgan fingerprint density at radius 3 is 2.55 bits per heavy atom. The second kappa shape index (κ2) is 10.9. The predicted molar refractivity (Wildman–Crippen MR) is 135 cm³/mol. The molecule has 1 unspecified atom stereocenters. The van der Waals surface area contributed by atoms with Crippen LogP contribution < -0.4 is 21.5 Å². The predicted octanol–water partition coefficient (Wildman–Crippen LogP) is 0.183. The zero-order valence-corrected chi connectivity index (χ0v) is 21.5. The lowest BCUT2D eigenvalue weighted by atomic mass is 9.79. The molecular weight excluding hydrogens is 542 g/mol. The Balaban J connectivity index is 1.42. The molecule has 2 aliphatic rings. The molecule has 7 N–H and O–H groups in total. The first-order chi connectivity index (χ1) is 18.0. The standard InChI is InChI=1S/C21H25N7O8S2/c22-17(23)12-3-5-13(6-4-12)34-9-10-35-27-15(14-11-37-20(24)25-14)18(29)26-16-19(30)28(36-38(31,32)33)21(16)7-1-2-8-21/h3-6,11,16H,1-2,7-10H2,(H3,22,23)(H2,24,25)(H,26,29)(H,31,32,33). The number of carbonyl (C=O) groups excluding carboxylic acids is 2. The normalized spacial score (nSPS) is 18.8. The van der Waals surface area contributed by atoms with Crippen LogP contribution in [-0.4, -0.2) is 71.2 Å². The number of nitrogens with zero attached hydrogens (tertiary/aromatic N) is 3. The minimum absolute atomic E-state index is 0.0485. The van der Waals surface area contributed by atoms with Crippen molar-refractivity contribution in [2.45, 2.75) is 37.3 Å². The summed E-state index contributed by atoms with van der Waals surface area (Å²) in [6, 6.07) is 5.43. The number of nitrogens with two attached hydrogens (primary N) is 2. The molecule has 2 fully saturated rings. The van der Waals surface area contributed by atoms with Gasteiger partial charge >= 0.3 is 10.4 Å². The third-order valence-electron chi connectivity index (χ3n) is 6.05. The van der Waals surface area contributed by atoms with Gasteiger partial charge in [-0.2, -0.15) is 13.5 Å². The van der Waals surface area contributed by atoms with E-state index in [0.717, 1.165) is 11.3 Å². The van der Waals surface area contributed by atoms with Crippen LogP contribution in [-0.2, 0) is 29.1 Å². The van der Waals surface area contributed by atoms with Crippen LogP contribution in [0.1, 0.15) is 36.9 Å². The first kappa shape index (κ1) is 27.2. The number of oxime groups is 1. The highest BCUT2D eigenvalue weighted by molar-refractivity contribution is 7.80. The summed E-state index contributed by atoms with van der Waals surface area (Å²) in [5.41, 5.74) is 10.4. The number of hydrogen-bond donors (Lipinski definition) is 5. The second-order valence-corrected chi connectivity index (χ2v) is 10.4. The quantitative estimate of drug-likeness (QED) is 0.0613. The molecule has 2 heterocycles. The van der Waals surface area contributed by atoms with Gasteiger partial charge in [0.2, 0.25) is 0 Å². The number of β-lactam (4-membered cyclic amide) rings is 1. The number of rotatable bonds is 11. The van der Waals surface area contributed by atoms with Crippen molar-refractivity contribution >= 4 is 50.2 Å². The molecule has 1 aliphatic heterocycles. The van der Waals surface area contributed by atoms with E-state index in [-0.39, 0.29) is 35.6 Å². The van der Waals surface area contributed by atoms with E-state index < -0.39 is 33.8 Å². The number of thiazole rings is 1. The van der Waals surface area contributed by atoms with Crippen LogP contribution in [0.3, 0.4) is 0 Å². The molecule has 15 nitrogen and oxygen atoms in total. The number of nitrogens with one attached hydrogen (secondary N) is 2. The summed E-state index contributed by atoms with van der Waals surface area (Å²) in [5.74, 6) is -1.19. The first-order valence-corrected chi connectivity index (χ1v) is 13.6. The van der Waals surface area contributed by atoms with Crippen molar-refractivity contribution in [3.8, 4) is 5.75 Å². The van der Waals surface area contributed by atoms with Crippen LogP contribution >= 0.6 is 11.3 Å². The fourth-order valence-corrected chi connectivity index (χ4v) is 5.29. The zero-order valence-electron chi connectivity index (χ0n) is 19.8. The van der Waals surface area contributed by atoms with E-state index in [1.807, 2.05) is 0 Å². The SMILES string of the molecule is N=C(N)c1ccc(OCCON=C(C(=O)NC2C(=O)N(OS(=O)(=O)O)C23CCCC3)c2csc(N)n2)cc1. The van der Waals surface area contributed by atoms with E-state index in [9.17, 15) is 18.0 Å². The molecule has 4 rings (SSSR count). The molecular formula is C21H25N7O8S2. The number of amidine groups is 1. The Kier molecular flexibility index (Phi) is 7.81. The van der Waals surface area contributed by atoms with Crippen molar-refractivity contribution in [3.05, 3.63) is 40.9 Å². The lowest BCUT2D eigenvalue weighted by Crippen LogP contribution is -2.78. The largest absolute Gasteiger partial charge is 0.490 e. The molecule has 2 amide bonds. The molecule has 0 radical (unpaired) electrons. The Morgan fingerprint density at radius 1 is 1.29 bits per heavy atom. The summed E-state index contributed by atoms with van der Waals surface area (Å²) < 4.78 is 41.5. The second-order valence-electron chi connectivity index (χ2n) is 8.48. The van der Waals surface area contributed by atoms with Gasteiger partial charge in [-0.1, -0.05) is 18.0 Å². The van der Waals surface area contributed by atoms with Crippen LogP contribution in [0.15, 0.2) is 34.8 Å². The molecule has 1 aromatic heterocycles. The van der Waals surface area contributed by atoms with E-state index in [2.05, 4.69) is 19.7 Å². The molecule has 1 spiro atoms. The highest BCUT2D eigenvalue weighted by Gasteiger charge is 2.64. The van der Waals surface area contributed by atoms with Crippen molar-refractivity contribution in [1.29, 1.82) is 5.41 Å². The average Bonchev–Trinajstić information content (AvgIpc) is 3.53. The molecule has 1 saturated heterocycles. The summed E-state index contributed by atoms with van der Waals surface area (Å²) >= 11 is 1.07. The van der Waals surface area contributed by atoms with E-state index in [4.69, 9.17) is 31.0 Å². The Morgan fingerprint density at radius 2 is 1.97 bits per heavy atom. The Bertz CT molecular complexity index is 1350. The molecule has 0 bridgehead atoms. The van der Waals surface area contributed by atoms with Gasteiger partial charge in [0.25, 0.3) is 11.8 Å². The van der Waals surface area contributed by atoms with E-state index in [1.54, 1.807) is 24.3 Å². The topological polar surface area (TPSA) is 233 Å². The Hall–Kier alpha value is -3.80. The maximum Gasteiger partial charge on any atom is 0.418 e. The van der Waals surface area contributed by atoms with Crippen molar-refractivity contribution in [2.75, 3.05) is 18.9 Å². The van der Waals surface area contributed by atoms with Gasteiger partial charge in [-0.05, 0) is 37.1 Å². The highest BCUT2D eigenvalue weighted by Crippen LogP contribution is 2.46. The molecule has 2 aromatic rings. The summed E-state index contributed by atoms with van der Waals surface area (Å²) in [4.78, 5) is 35.2. The van der Waals surface area contributed by atoms with Gasteiger partial charge in [-0.25, -0.2) is 4.98 Å². The number of anilines is 1. The Labute approximate surface area is 221 Å². The molecule has 204 valence electrons. The van der Waals surface area contributed by atoms with Crippen molar-refractivity contribution in [2.24, 2.45) is 10.9 Å². The van der Waals surface area contributed by atoms with Crippen LogP contribution in [0.2, 0.25) is 0 Å². The van der Waals surface area contributed by atoms with Gasteiger partial charge in [0.1, 0.15) is 35.5 Å². The summed E-state index contributed by atoms with van der Waals surface area (Å²) in [7, 11) is -4.93. The van der Waals surface area contributed by atoms with E-state index in [1.165, 1.54) is 5.38 Å². The minimum atomic E-state index is -4.93. The summed E-state index contributed by atoms with van der Waals surface area (Å²) in [6.45, 7) is 0.0241.